The molecule has 0 spiro atoms. The van der Waals surface area contributed by atoms with E-state index in [1.54, 1.807) is 23.1 Å². The molecule has 1 aromatic carbocycles. The number of halogens is 3. The lowest BCUT2D eigenvalue weighted by Crippen LogP contribution is -2.51. The third-order valence-electron chi connectivity index (χ3n) is 5.50. The van der Waals surface area contributed by atoms with Crippen molar-refractivity contribution < 1.29 is 9.59 Å². The zero-order valence-electron chi connectivity index (χ0n) is 15.4. The van der Waals surface area contributed by atoms with Crippen molar-refractivity contribution in [2.24, 2.45) is 11.7 Å². The monoisotopic (exact) mass is 433 g/mol. The SMILES string of the molecule is CC(N)C1CCN(C(=O)C2CCCN2C(=O)c2cc(Cl)cc(Cl)c2)CC1.Cl. The molecular weight excluding hydrogens is 409 g/mol. The molecule has 1 aromatic rings. The van der Waals surface area contributed by atoms with Crippen molar-refractivity contribution in [3.05, 3.63) is 33.8 Å². The Hall–Kier alpha value is -1.01. The predicted molar refractivity (Wildman–Crippen MR) is 111 cm³/mol. The number of carbonyl (C=O) groups excluding carboxylic acids is 2. The van der Waals surface area contributed by atoms with Crippen LogP contribution in [-0.2, 0) is 4.79 Å². The second kappa shape index (κ2) is 9.46. The van der Waals surface area contributed by atoms with Gasteiger partial charge in [0.05, 0.1) is 0 Å². The van der Waals surface area contributed by atoms with Crippen LogP contribution < -0.4 is 5.73 Å². The van der Waals surface area contributed by atoms with Gasteiger partial charge in [-0.3, -0.25) is 9.59 Å². The lowest BCUT2D eigenvalue weighted by molar-refractivity contribution is -0.136. The summed E-state index contributed by atoms with van der Waals surface area (Å²) < 4.78 is 0. The fourth-order valence-corrected chi connectivity index (χ4v) is 4.49. The smallest absolute Gasteiger partial charge is 0.254 e. The molecule has 2 aliphatic rings. The second-order valence-corrected chi connectivity index (χ2v) is 8.21. The van der Waals surface area contributed by atoms with Crippen LogP contribution in [0.4, 0.5) is 0 Å². The van der Waals surface area contributed by atoms with E-state index in [-0.39, 0.29) is 30.3 Å². The molecule has 0 aliphatic carbocycles. The number of amides is 2. The summed E-state index contributed by atoms with van der Waals surface area (Å²) in [6.45, 7) is 4.03. The van der Waals surface area contributed by atoms with Gasteiger partial charge in [-0.1, -0.05) is 23.2 Å². The van der Waals surface area contributed by atoms with Crippen molar-refractivity contribution in [1.82, 2.24) is 9.80 Å². The highest BCUT2D eigenvalue weighted by Crippen LogP contribution is 2.27. The summed E-state index contributed by atoms with van der Waals surface area (Å²) in [5.74, 6) is 0.330. The standard InChI is InChI=1S/C19H25Cl2N3O2.ClH/c1-12(22)13-4-7-23(8-5-13)19(26)17-3-2-6-24(17)18(25)14-9-15(20)11-16(21)10-14;/h9-13,17H,2-8,22H2,1H3;1H. The summed E-state index contributed by atoms with van der Waals surface area (Å²) >= 11 is 12.0. The Morgan fingerprint density at radius 3 is 2.22 bits per heavy atom. The van der Waals surface area contributed by atoms with Crippen LogP contribution in [0.3, 0.4) is 0 Å². The molecule has 2 atom stereocenters. The highest BCUT2D eigenvalue weighted by atomic mass is 35.5. The minimum atomic E-state index is -0.396. The molecule has 2 N–H and O–H groups in total. The predicted octanol–water partition coefficient (Wildman–Crippen LogP) is 3.61. The Kier molecular flexibility index (Phi) is 7.81. The molecule has 27 heavy (non-hydrogen) atoms. The number of nitrogens with two attached hydrogens (primary N) is 1. The maximum absolute atomic E-state index is 13.0. The molecule has 2 saturated heterocycles. The zero-order chi connectivity index (χ0) is 18.8. The van der Waals surface area contributed by atoms with Crippen LogP contribution in [0.25, 0.3) is 0 Å². The van der Waals surface area contributed by atoms with Crippen molar-refractivity contribution in [2.45, 2.75) is 44.7 Å². The fraction of sp³-hybridized carbons (Fsp3) is 0.579. The average Bonchev–Trinajstić information content (AvgIpc) is 3.09. The van der Waals surface area contributed by atoms with Crippen molar-refractivity contribution in [3.63, 3.8) is 0 Å². The summed E-state index contributed by atoms with van der Waals surface area (Å²) in [5.41, 5.74) is 6.41. The normalized spacial score (nSPS) is 21.7. The summed E-state index contributed by atoms with van der Waals surface area (Å²) in [5, 5.41) is 0.835. The van der Waals surface area contributed by atoms with Crippen LogP contribution in [0.15, 0.2) is 18.2 Å². The van der Waals surface area contributed by atoms with Gasteiger partial charge in [0.25, 0.3) is 5.91 Å². The van der Waals surface area contributed by atoms with Crippen LogP contribution in [0.2, 0.25) is 10.0 Å². The van der Waals surface area contributed by atoms with E-state index in [0.717, 1.165) is 19.3 Å². The first-order chi connectivity index (χ1) is 12.4. The Bertz CT molecular complexity index is 671. The number of hydrogen-bond donors (Lipinski definition) is 1. The van der Waals surface area contributed by atoms with Gasteiger partial charge in [-0.05, 0) is 56.7 Å². The van der Waals surface area contributed by atoms with E-state index in [0.29, 0.717) is 47.6 Å². The zero-order valence-corrected chi connectivity index (χ0v) is 17.7. The van der Waals surface area contributed by atoms with Crippen LogP contribution in [0.1, 0.15) is 43.0 Å². The van der Waals surface area contributed by atoms with Crippen LogP contribution >= 0.6 is 35.6 Å². The van der Waals surface area contributed by atoms with Gasteiger partial charge in [0.1, 0.15) is 6.04 Å². The fourth-order valence-electron chi connectivity index (χ4n) is 3.97. The van der Waals surface area contributed by atoms with Crippen molar-refractivity contribution in [3.8, 4) is 0 Å². The highest BCUT2D eigenvalue weighted by molar-refractivity contribution is 6.35. The Balaban J connectivity index is 0.00000261. The minimum Gasteiger partial charge on any atom is -0.341 e. The van der Waals surface area contributed by atoms with Crippen LogP contribution in [0.5, 0.6) is 0 Å². The van der Waals surface area contributed by atoms with Gasteiger partial charge in [0.2, 0.25) is 5.91 Å². The number of likely N-dealkylation sites (tertiary alicyclic amines) is 2. The highest BCUT2D eigenvalue weighted by Gasteiger charge is 2.38. The summed E-state index contributed by atoms with van der Waals surface area (Å²) in [7, 11) is 0. The van der Waals surface area contributed by atoms with E-state index in [1.807, 2.05) is 11.8 Å². The quantitative estimate of drug-likeness (QED) is 0.790. The molecule has 2 aliphatic heterocycles. The molecule has 0 saturated carbocycles. The first-order valence-electron chi connectivity index (χ1n) is 9.18. The topological polar surface area (TPSA) is 66.6 Å². The van der Waals surface area contributed by atoms with E-state index in [1.165, 1.54) is 0 Å². The molecule has 2 unspecified atom stereocenters. The Morgan fingerprint density at radius 1 is 1.07 bits per heavy atom. The van der Waals surface area contributed by atoms with E-state index in [9.17, 15) is 9.59 Å². The summed E-state index contributed by atoms with van der Waals surface area (Å²) in [4.78, 5) is 29.5. The molecule has 0 aromatic heterocycles. The number of nitrogens with zero attached hydrogens (tertiary/aromatic N) is 2. The third-order valence-corrected chi connectivity index (χ3v) is 5.94. The van der Waals surface area contributed by atoms with Crippen molar-refractivity contribution in [1.29, 1.82) is 0 Å². The van der Waals surface area contributed by atoms with E-state index in [2.05, 4.69) is 0 Å². The number of hydrogen-bond acceptors (Lipinski definition) is 3. The molecule has 2 fully saturated rings. The molecule has 8 heteroatoms. The minimum absolute atomic E-state index is 0. The van der Waals surface area contributed by atoms with Gasteiger partial charge in [-0.2, -0.15) is 0 Å². The average molecular weight is 435 g/mol. The molecule has 150 valence electrons. The van der Waals surface area contributed by atoms with Crippen LogP contribution in [-0.4, -0.2) is 53.3 Å². The molecule has 2 amide bonds. The van der Waals surface area contributed by atoms with E-state index in [4.69, 9.17) is 28.9 Å². The maximum Gasteiger partial charge on any atom is 0.254 e. The summed E-state index contributed by atoms with van der Waals surface area (Å²) in [6, 6.07) is 4.55. The van der Waals surface area contributed by atoms with Gasteiger partial charge < -0.3 is 15.5 Å². The van der Waals surface area contributed by atoms with E-state index < -0.39 is 6.04 Å². The molecular formula is C19H26Cl3N3O2. The number of benzene rings is 1. The molecule has 2 heterocycles. The van der Waals surface area contributed by atoms with Gasteiger partial charge in [0.15, 0.2) is 0 Å². The lowest BCUT2D eigenvalue weighted by atomic mass is 9.90. The molecule has 0 radical (unpaired) electrons. The van der Waals surface area contributed by atoms with Gasteiger partial charge in [0, 0.05) is 41.3 Å². The molecule has 5 nitrogen and oxygen atoms in total. The molecule has 3 rings (SSSR count). The van der Waals surface area contributed by atoms with Gasteiger partial charge >= 0.3 is 0 Å². The Morgan fingerprint density at radius 2 is 1.67 bits per heavy atom. The van der Waals surface area contributed by atoms with Crippen molar-refractivity contribution in [2.75, 3.05) is 19.6 Å². The first-order valence-corrected chi connectivity index (χ1v) is 9.94. The number of carbonyl (C=O) groups is 2. The summed E-state index contributed by atoms with van der Waals surface area (Å²) in [6.07, 6.45) is 3.38. The second-order valence-electron chi connectivity index (χ2n) is 7.34. The Labute approximate surface area is 176 Å². The number of piperidine rings is 1. The van der Waals surface area contributed by atoms with Crippen molar-refractivity contribution >= 4 is 47.4 Å². The molecule has 0 bridgehead atoms. The largest absolute Gasteiger partial charge is 0.341 e. The van der Waals surface area contributed by atoms with Crippen LogP contribution in [0, 0.1) is 5.92 Å². The van der Waals surface area contributed by atoms with E-state index >= 15 is 0 Å². The first kappa shape index (κ1) is 22.3. The number of rotatable bonds is 3. The third kappa shape index (κ3) is 5.08. The maximum atomic E-state index is 13.0. The lowest BCUT2D eigenvalue weighted by Gasteiger charge is -2.36. The van der Waals surface area contributed by atoms with Gasteiger partial charge in [-0.15, -0.1) is 12.4 Å². The van der Waals surface area contributed by atoms with Gasteiger partial charge in [-0.25, -0.2) is 0 Å².